The molecule has 576 valence electrons. The van der Waals surface area contributed by atoms with Crippen molar-refractivity contribution in [1.29, 1.82) is 0 Å². The van der Waals surface area contributed by atoms with Crippen molar-refractivity contribution in [2.24, 2.45) is 0 Å². The summed E-state index contributed by atoms with van der Waals surface area (Å²) in [6.45, 7) is 1.76. The van der Waals surface area contributed by atoms with Gasteiger partial charge in [0.2, 0.25) is 5.91 Å². The predicted molar refractivity (Wildman–Crippen MR) is 388 cm³/mol. The van der Waals surface area contributed by atoms with Crippen molar-refractivity contribution in [2.75, 3.05) is 26.4 Å². The minimum Gasteiger partial charge on any atom is -0.394 e. The van der Waals surface area contributed by atoms with E-state index in [1.807, 2.05) is 6.08 Å². The van der Waals surface area contributed by atoms with Gasteiger partial charge >= 0.3 is 0 Å². The number of hydrogen-bond acceptors (Lipinski definition) is 18. The van der Waals surface area contributed by atoms with Crippen LogP contribution in [-0.2, 0) is 33.2 Å². The van der Waals surface area contributed by atoms with E-state index >= 15 is 0 Å². The number of nitrogens with one attached hydrogen (secondary N) is 1. The van der Waals surface area contributed by atoms with Gasteiger partial charge in [-0.3, -0.25) is 4.79 Å². The van der Waals surface area contributed by atoms with Crippen LogP contribution in [0.4, 0.5) is 0 Å². The number of aliphatic hydroxyl groups is 11. The van der Waals surface area contributed by atoms with Crippen LogP contribution < -0.4 is 5.32 Å². The highest BCUT2D eigenvalue weighted by atomic mass is 16.8. The summed E-state index contributed by atoms with van der Waals surface area (Å²) in [6.07, 6.45) is 47.2. The van der Waals surface area contributed by atoms with Gasteiger partial charge in [0.25, 0.3) is 0 Å². The molecule has 98 heavy (non-hydrogen) atoms. The number of unbranched alkanes of at least 4 members (excludes halogenated alkanes) is 44. The van der Waals surface area contributed by atoms with E-state index in [1.165, 1.54) is 257 Å². The average molecular weight is 1400 g/mol. The molecule has 17 unspecified atom stereocenters. The molecule has 0 saturated carbocycles. The van der Waals surface area contributed by atoms with Crippen LogP contribution in [0.1, 0.15) is 328 Å². The molecule has 0 spiro atoms. The minimum absolute atomic E-state index is 0.239. The molecule has 0 bridgehead atoms. The fourth-order valence-electron chi connectivity index (χ4n) is 13.7. The predicted octanol–water partition coefficient (Wildman–Crippen LogP) is 13.1. The van der Waals surface area contributed by atoms with Gasteiger partial charge in [-0.05, 0) is 57.8 Å². The van der Waals surface area contributed by atoms with E-state index in [0.29, 0.717) is 12.8 Å². The van der Waals surface area contributed by atoms with Gasteiger partial charge < -0.3 is 89.9 Å². The Morgan fingerprint density at radius 3 is 1.02 bits per heavy atom. The highest BCUT2D eigenvalue weighted by molar-refractivity contribution is 5.76. The summed E-state index contributed by atoms with van der Waals surface area (Å²) in [7, 11) is 0. The molecule has 17 atom stereocenters. The van der Waals surface area contributed by atoms with Gasteiger partial charge in [-0.15, -0.1) is 0 Å². The number of carbonyl (C=O) groups is 1. The van der Waals surface area contributed by atoms with Crippen molar-refractivity contribution >= 4 is 5.91 Å². The van der Waals surface area contributed by atoms with Crippen molar-refractivity contribution in [3.8, 4) is 0 Å². The zero-order chi connectivity index (χ0) is 71.1. The number of hydrogen-bond donors (Lipinski definition) is 12. The molecule has 19 nitrogen and oxygen atoms in total. The number of allylic oxidation sites excluding steroid dienone is 5. The van der Waals surface area contributed by atoms with Crippen LogP contribution in [-0.4, -0.2) is 193 Å². The van der Waals surface area contributed by atoms with Crippen LogP contribution >= 0.6 is 0 Å². The van der Waals surface area contributed by atoms with E-state index < -0.39 is 124 Å². The van der Waals surface area contributed by atoms with Crippen LogP contribution in [0.2, 0.25) is 0 Å². The van der Waals surface area contributed by atoms with Crippen molar-refractivity contribution < 1.29 is 89.4 Å². The fourth-order valence-corrected chi connectivity index (χ4v) is 13.7. The molecule has 3 rings (SSSR count). The Kier molecular flexibility index (Phi) is 55.5. The Labute approximate surface area is 593 Å². The lowest BCUT2D eigenvalue weighted by Crippen LogP contribution is -2.66. The fraction of sp³-hybridized carbons (Fsp3) is 0.911. The normalized spacial score (nSPS) is 26.9. The second-order valence-corrected chi connectivity index (χ2v) is 28.9. The summed E-state index contributed by atoms with van der Waals surface area (Å²) in [5.74, 6) is -0.279. The number of ether oxygens (including phenoxy) is 6. The SMILES string of the molecule is CCCCCCCCCC/C=C\CCCCCCCCCCCCCCCCCCCCCCCC(=O)NC(COC1OC(CO)C(OC2OC(CO)C(OC3OC(CO)C(O)C(O)C3O)C(O)C2O)C(O)C1O)C(O)/C=C/CC/C=C/CCCCCCCCCCCCCCCC. The Hall–Kier alpha value is -1.99. The molecule has 1 amide bonds. The van der Waals surface area contributed by atoms with Gasteiger partial charge in [0.05, 0.1) is 38.6 Å². The molecule has 3 saturated heterocycles. The highest BCUT2D eigenvalue weighted by Crippen LogP contribution is 2.33. The first-order valence-electron chi connectivity index (χ1n) is 40.2. The van der Waals surface area contributed by atoms with Gasteiger partial charge in [0, 0.05) is 6.42 Å². The van der Waals surface area contributed by atoms with Crippen molar-refractivity contribution in [2.45, 2.75) is 433 Å². The number of aliphatic hydroxyl groups excluding tert-OH is 11. The summed E-state index contributed by atoms with van der Waals surface area (Å²) >= 11 is 0. The van der Waals surface area contributed by atoms with Gasteiger partial charge in [-0.1, -0.05) is 301 Å². The maximum Gasteiger partial charge on any atom is 0.220 e. The Bertz CT molecular complexity index is 1910. The molecule has 0 aromatic carbocycles. The number of amides is 1. The Balaban J connectivity index is 1.36. The summed E-state index contributed by atoms with van der Waals surface area (Å²) < 4.78 is 34.4. The summed E-state index contributed by atoms with van der Waals surface area (Å²) in [5, 5.41) is 121. The molecular weight excluding hydrogens is 1250 g/mol. The third-order valence-electron chi connectivity index (χ3n) is 20.2. The second kappa shape index (κ2) is 60.3. The van der Waals surface area contributed by atoms with Gasteiger partial charge in [-0.25, -0.2) is 0 Å². The number of carbonyl (C=O) groups excluding carboxylic acids is 1. The average Bonchev–Trinajstić information content (AvgIpc) is 0.782. The lowest BCUT2D eigenvalue weighted by molar-refractivity contribution is -0.379. The first-order valence-corrected chi connectivity index (χ1v) is 40.2. The van der Waals surface area contributed by atoms with Crippen LogP contribution in [0.15, 0.2) is 36.5 Å². The minimum atomic E-state index is -1.98. The van der Waals surface area contributed by atoms with Gasteiger partial charge in [-0.2, -0.15) is 0 Å². The Morgan fingerprint density at radius 2 is 0.653 bits per heavy atom. The topological polar surface area (TPSA) is 307 Å². The molecule has 12 N–H and O–H groups in total. The van der Waals surface area contributed by atoms with E-state index in [1.54, 1.807) is 6.08 Å². The second-order valence-electron chi connectivity index (χ2n) is 28.9. The molecule has 19 heteroatoms. The van der Waals surface area contributed by atoms with Gasteiger partial charge in [0.15, 0.2) is 18.9 Å². The van der Waals surface area contributed by atoms with Gasteiger partial charge in [0.1, 0.15) is 73.2 Å². The first kappa shape index (κ1) is 90.2. The molecular formula is C79H147NO18. The van der Waals surface area contributed by atoms with E-state index in [2.05, 4.69) is 43.5 Å². The third kappa shape index (κ3) is 40.3. The zero-order valence-corrected chi connectivity index (χ0v) is 61.5. The molecule has 3 aliphatic rings. The smallest absolute Gasteiger partial charge is 0.220 e. The largest absolute Gasteiger partial charge is 0.394 e. The summed E-state index contributed by atoms with van der Waals surface area (Å²) in [6, 6.07) is -0.989. The molecule has 3 fully saturated rings. The molecule has 0 aromatic rings. The van der Waals surface area contributed by atoms with Crippen LogP contribution in [0.5, 0.6) is 0 Å². The molecule has 3 aliphatic heterocycles. The monoisotopic (exact) mass is 1400 g/mol. The lowest BCUT2D eigenvalue weighted by Gasteiger charge is -2.48. The van der Waals surface area contributed by atoms with Crippen LogP contribution in [0, 0.1) is 0 Å². The third-order valence-corrected chi connectivity index (χ3v) is 20.2. The first-order chi connectivity index (χ1) is 47.8. The standard InChI is InChI=1S/C79H147NO18/c1-3-5-7-9-11-13-15-17-19-21-23-25-26-27-28-29-30-31-32-33-34-35-36-37-39-41-43-45-47-49-51-53-55-57-67(85)80-62(63(84)56-54-52-50-48-46-44-42-40-38-24-22-20-18-16-14-12-10-8-6-4-2)61-93-77-73(91)70(88)75(65(59-82)95-77)98-79-74(92)71(89)76(66(60-83)96-79)97-78-72(90)69(87)68(86)64(58-81)94-78/h21,23,46,48,54,56,62-66,68-79,81-84,86-92H,3-20,22,24-45,47,49-53,55,57-61H2,1-2H3,(H,80,85)/b23-21-,48-46+,56-54+. The van der Waals surface area contributed by atoms with Crippen LogP contribution in [0.3, 0.4) is 0 Å². The molecule has 3 heterocycles. The molecule has 0 radical (unpaired) electrons. The zero-order valence-electron chi connectivity index (χ0n) is 61.5. The van der Waals surface area contributed by atoms with E-state index in [-0.39, 0.29) is 18.9 Å². The highest BCUT2D eigenvalue weighted by Gasteiger charge is 2.54. The summed E-state index contributed by atoms with van der Waals surface area (Å²) in [5.41, 5.74) is 0. The van der Waals surface area contributed by atoms with Crippen LogP contribution in [0.25, 0.3) is 0 Å². The van der Waals surface area contributed by atoms with E-state index in [4.69, 9.17) is 28.4 Å². The van der Waals surface area contributed by atoms with E-state index in [0.717, 1.165) is 38.5 Å². The maximum absolute atomic E-state index is 13.5. The molecule has 0 aliphatic carbocycles. The van der Waals surface area contributed by atoms with Crippen molar-refractivity contribution in [3.63, 3.8) is 0 Å². The van der Waals surface area contributed by atoms with E-state index in [9.17, 15) is 61.0 Å². The van der Waals surface area contributed by atoms with Crippen molar-refractivity contribution in [1.82, 2.24) is 5.32 Å². The quantitative estimate of drug-likeness (QED) is 0.0199. The summed E-state index contributed by atoms with van der Waals surface area (Å²) in [4.78, 5) is 13.5. The Morgan fingerprint density at radius 1 is 0.357 bits per heavy atom. The van der Waals surface area contributed by atoms with Crippen molar-refractivity contribution in [3.05, 3.63) is 36.5 Å². The molecule has 0 aromatic heterocycles. The number of rotatable bonds is 64. The lowest BCUT2D eigenvalue weighted by atomic mass is 9.96. The maximum atomic E-state index is 13.5.